The van der Waals surface area contributed by atoms with Crippen LogP contribution in [0.3, 0.4) is 0 Å². The number of halogens is 3. The summed E-state index contributed by atoms with van der Waals surface area (Å²) < 4.78 is 36.1. The van der Waals surface area contributed by atoms with Crippen LogP contribution in [0.25, 0.3) is 0 Å². The second-order valence-corrected chi connectivity index (χ2v) is 3.78. The second kappa shape index (κ2) is 8.16. The number of aliphatic imine (C=N–C) groups is 1. The summed E-state index contributed by atoms with van der Waals surface area (Å²) in [5.41, 5.74) is 0. The van der Waals surface area contributed by atoms with Gasteiger partial charge in [0.15, 0.2) is 5.96 Å². The van der Waals surface area contributed by atoms with E-state index in [0.717, 1.165) is 13.0 Å². The normalized spacial score (nSPS) is 13.0. The molecule has 0 aliphatic rings. The Kier molecular flexibility index (Phi) is 7.69. The molecule has 0 aromatic rings. The van der Waals surface area contributed by atoms with Gasteiger partial charge in [0.25, 0.3) is 0 Å². The number of alkyl halides is 3. The van der Waals surface area contributed by atoms with Crippen molar-refractivity contribution >= 4 is 5.96 Å². The molecule has 0 aromatic heterocycles. The van der Waals surface area contributed by atoms with E-state index in [1.165, 1.54) is 11.9 Å². The monoisotopic (exact) mass is 254 g/mol. The van der Waals surface area contributed by atoms with Crippen molar-refractivity contribution in [1.82, 2.24) is 15.5 Å². The molecule has 0 heterocycles. The fourth-order valence-corrected chi connectivity index (χ4v) is 1.21. The fourth-order valence-electron chi connectivity index (χ4n) is 1.21. The van der Waals surface area contributed by atoms with Crippen LogP contribution < -0.4 is 10.6 Å². The van der Waals surface area contributed by atoms with E-state index in [2.05, 4.69) is 15.6 Å². The van der Waals surface area contributed by atoms with Crippen molar-refractivity contribution < 1.29 is 13.2 Å². The standard InChI is InChI=1S/C10H21F3N4/c1-4-5-15-9(14-2)16-6-7-17(3)8-10(11,12)13/h4-8H2,1-3H3,(H2,14,15,16). The van der Waals surface area contributed by atoms with E-state index >= 15 is 0 Å². The first kappa shape index (κ1) is 16.0. The van der Waals surface area contributed by atoms with Crippen molar-refractivity contribution in [1.29, 1.82) is 0 Å². The minimum absolute atomic E-state index is 0.312. The lowest BCUT2D eigenvalue weighted by Crippen LogP contribution is -2.42. The SMILES string of the molecule is CCCNC(=NC)NCCN(C)CC(F)(F)F. The molecule has 17 heavy (non-hydrogen) atoms. The summed E-state index contributed by atoms with van der Waals surface area (Å²) in [5.74, 6) is 0.618. The molecule has 2 N–H and O–H groups in total. The summed E-state index contributed by atoms with van der Waals surface area (Å²) in [4.78, 5) is 5.17. The van der Waals surface area contributed by atoms with E-state index in [0.29, 0.717) is 19.0 Å². The number of guanidine groups is 1. The van der Waals surface area contributed by atoms with Crippen molar-refractivity contribution in [3.05, 3.63) is 0 Å². The summed E-state index contributed by atoms with van der Waals surface area (Å²) >= 11 is 0. The fraction of sp³-hybridized carbons (Fsp3) is 0.900. The molecule has 0 aliphatic heterocycles. The van der Waals surface area contributed by atoms with Gasteiger partial charge in [0, 0.05) is 26.7 Å². The molecule has 0 rings (SSSR count). The predicted molar refractivity (Wildman–Crippen MR) is 63.2 cm³/mol. The third kappa shape index (κ3) is 9.92. The zero-order chi connectivity index (χ0) is 13.3. The molecule has 0 amide bonds. The van der Waals surface area contributed by atoms with Crippen LogP contribution in [0.15, 0.2) is 4.99 Å². The highest BCUT2D eigenvalue weighted by Crippen LogP contribution is 2.14. The quantitative estimate of drug-likeness (QED) is 0.550. The summed E-state index contributed by atoms with van der Waals surface area (Å²) in [6, 6.07) is 0. The van der Waals surface area contributed by atoms with Crippen LogP contribution in [0.5, 0.6) is 0 Å². The number of likely N-dealkylation sites (N-methyl/N-ethyl adjacent to an activating group) is 1. The van der Waals surface area contributed by atoms with Crippen LogP contribution in [0.1, 0.15) is 13.3 Å². The highest BCUT2D eigenvalue weighted by molar-refractivity contribution is 5.79. The van der Waals surface area contributed by atoms with Crippen molar-refractivity contribution in [3.8, 4) is 0 Å². The van der Waals surface area contributed by atoms with E-state index in [1.807, 2.05) is 6.92 Å². The van der Waals surface area contributed by atoms with Gasteiger partial charge >= 0.3 is 6.18 Å². The maximum atomic E-state index is 12.0. The zero-order valence-electron chi connectivity index (χ0n) is 10.6. The molecular weight excluding hydrogens is 233 g/mol. The molecule has 0 radical (unpaired) electrons. The molecular formula is C10H21F3N4. The molecule has 7 heteroatoms. The van der Waals surface area contributed by atoms with Crippen LogP contribution in [-0.2, 0) is 0 Å². The lowest BCUT2D eigenvalue weighted by Gasteiger charge is -2.19. The molecule has 0 spiro atoms. The predicted octanol–water partition coefficient (Wildman–Crippen LogP) is 1.06. The number of nitrogens with zero attached hydrogens (tertiary/aromatic N) is 2. The first-order valence-electron chi connectivity index (χ1n) is 5.59. The Labute approximate surface area is 100 Å². The van der Waals surface area contributed by atoms with Crippen molar-refractivity contribution in [2.75, 3.05) is 40.3 Å². The van der Waals surface area contributed by atoms with Crippen molar-refractivity contribution in [2.45, 2.75) is 19.5 Å². The Hall–Kier alpha value is -0.980. The van der Waals surface area contributed by atoms with Crippen LogP contribution in [0.4, 0.5) is 13.2 Å². The van der Waals surface area contributed by atoms with Crippen LogP contribution >= 0.6 is 0 Å². The molecule has 0 aliphatic carbocycles. The maximum Gasteiger partial charge on any atom is 0.401 e. The average Bonchev–Trinajstić information content (AvgIpc) is 2.20. The molecule has 4 nitrogen and oxygen atoms in total. The Morgan fingerprint density at radius 1 is 1.24 bits per heavy atom. The minimum Gasteiger partial charge on any atom is -0.356 e. The molecule has 0 fully saturated rings. The lowest BCUT2D eigenvalue weighted by atomic mass is 10.5. The van der Waals surface area contributed by atoms with Gasteiger partial charge in [-0.15, -0.1) is 0 Å². The zero-order valence-corrected chi connectivity index (χ0v) is 10.6. The van der Waals surface area contributed by atoms with Crippen LogP contribution in [-0.4, -0.2) is 57.3 Å². The van der Waals surface area contributed by atoms with Gasteiger partial charge in [0.05, 0.1) is 6.54 Å². The number of nitrogens with one attached hydrogen (secondary N) is 2. The molecule has 0 unspecified atom stereocenters. The van der Waals surface area contributed by atoms with Gasteiger partial charge in [-0.3, -0.25) is 9.89 Å². The van der Waals surface area contributed by atoms with Gasteiger partial charge in [-0.1, -0.05) is 6.92 Å². The smallest absolute Gasteiger partial charge is 0.356 e. The van der Waals surface area contributed by atoms with E-state index in [1.54, 1.807) is 7.05 Å². The lowest BCUT2D eigenvalue weighted by molar-refractivity contribution is -0.142. The third-order valence-corrected chi connectivity index (χ3v) is 2.00. The summed E-state index contributed by atoms with van der Waals surface area (Å²) in [6.07, 6.45) is -3.18. The average molecular weight is 254 g/mol. The van der Waals surface area contributed by atoms with Gasteiger partial charge in [0.2, 0.25) is 0 Å². The third-order valence-electron chi connectivity index (χ3n) is 2.00. The van der Waals surface area contributed by atoms with Gasteiger partial charge < -0.3 is 10.6 Å². The molecule has 102 valence electrons. The maximum absolute atomic E-state index is 12.0. The molecule has 0 atom stereocenters. The molecule has 0 saturated heterocycles. The van der Waals surface area contributed by atoms with Gasteiger partial charge in [-0.05, 0) is 13.5 Å². The Morgan fingerprint density at radius 3 is 2.29 bits per heavy atom. The summed E-state index contributed by atoms with van der Waals surface area (Å²) in [6.45, 7) is 2.66. The highest BCUT2D eigenvalue weighted by atomic mass is 19.4. The largest absolute Gasteiger partial charge is 0.401 e. The van der Waals surface area contributed by atoms with E-state index in [-0.39, 0.29) is 0 Å². The number of rotatable bonds is 6. The molecule has 0 bridgehead atoms. The molecule has 0 aromatic carbocycles. The van der Waals surface area contributed by atoms with Crippen LogP contribution in [0.2, 0.25) is 0 Å². The molecule has 0 saturated carbocycles. The van der Waals surface area contributed by atoms with E-state index < -0.39 is 12.7 Å². The Balaban J connectivity index is 3.74. The second-order valence-electron chi connectivity index (χ2n) is 3.78. The van der Waals surface area contributed by atoms with Crippen molar-refractivity contribution in [2.24, 2.45) is 4.99 Å². The summed E-state index contributed by atoms with van der Waals surface area (Å²) in [5, 5.41) is 5.99. The Morgan fingerprint density at radius 2 is 1.82 bits per heavy atom. The topological polar surface area (TPSA) is 39.7 Å². The highest BCUT2D eigenvalue weighted by Gasteiger charge is 2.28. The van der Waals surface area contributed by atoms with E-state index in [4.69, 9.17) is 0 Å². The first-order chi connectivity index (χ1) is 7.89. The number of hydrogen-bond acceptors (Lipinski definition) is 2. The Bertz CT molecular complexity index is 228. The van der Waals surface area contributed by atoms with Crippen LogP contribution in [0, 0.1) is 0 Å². The first-order valence-corrected chi connectivity index (χ1v) is 5.59. The van der Waals surface area contributed by atoms with Gasteiger partial charge in [0.1, 0.15) is 0 Å². The minimum atomic E-state index is -4.14. The summed E-state index contributed by atoms with van der Waals surface area (Å²) in [7, 11) is 3.07. The van der Waals surface area contributed by atoms with Gasteiger partial charge in [-0.2, -0.15) is 13.2 Å². The van der Waals surface area contributed by atoms with Gasteiger partial charge in [-0.25, -0.2) is 0 Å². The number of hydrogen-bond donors (Lipinski definition) is 2. The van der Waals surface area contributed by atoms with Crippen molar-refractivity contribution in [3.63, 3.8) is 0 Å². The van der Waals surface area contributed by atoms with E-state index in [9.17, 15) is 13.2 Å².